The molecule has 2 N–H and O–H groups in total. The maximum atomic E-state index is 12.3. The molecule has 0 bridgehead atoms. The molecule has 32 heavy (non-hydrogen) atoms. The SMILES string of the molecule is CC1CCc2c(ccc(/C(C=N)=C/NC3CC3)c2OC2CN(C(=O)OC(C)(C)C)C2)N1C. The maximum absolute atomic E-state index is 12.3. The third-order valence-corrected chi connectivity index (χ3v) is 6.39. The van der Waals surface area contributed by atoms with Crippen LogP contribution < -0.4 is 15.0 Å². The smallest absolute Gasteiger partial charge is 0.410 e. The van der Waals surface area contributed by atoms with Crippen molar-refractivity contribution in [3.63, 3.8) is 0 Å². The van der Waals surface area contributed by atoms with E-state index >= 15 is 0 Å². The Balaban J connectivity index is 1.57. The zero-order chi connectivity index (χ0) is 23.0. The van der Waals surface area contributed by atoms with E-state index in [1.165, 1.54) is 30.3 Å². The molecule has 174 valence electrons. The molecule has 4 rings (SSSR count). The highest BCUT2D eigenvalue weighted by Crippen LogP contribution is 2.41. The molecule has 1 aromatic carbocycles. The zero-order valence-electron chi connectivity index (χ0n) is 19.9. The summed E-state index contributed by atoms with van der Waals surface area (Å²) in [6, 6.07) is 5.21. The van der Waals surface area contributed by atoms with E-state index in [1.807, 2.05) is 27.0 Å². The Labute approximate surface area is 191 Å². The summed E-state index contributed by atoms with van der Waals surface area (Å²) in [6.07, 6.45) is 7.32. The Kier molecular flexibility index (Phi) is 6.10. The first-order valence-electron chi connectivity index (χ1n) is 11.7. The number of fused-ring (bicyclic) bond motifs is 1. The number of anilines is 1. The Bertz CT molecular complexity index is 910. The molecule has 1 saturated carbocycles. The third-order valence-electron chi connectivity index (χ3n) is 6.39. The number of hydrogen-bond donors (Lipinski definition) is 2. The van der Waals surface area contributed by atoms with Crippen molar-refractivity contribution in [3.05, 3.63) is 29.5 Å². The lowest BCUT2D eigenvalue weighted by Crippen LogP contribution is -2.57. The number of nitrogens with one attached hydrogen (secondary N) is 2. The number of likely N-dealkylation sites (tertiary alicyclic amines) is 1. The Morgan fingerprint density at radius 2 is 1.94 bits per heavy atom. The fraction of sp³-hybridized carbons (Fsp3) is 0.600. The van der Waals surface area contributed by atoms with Gasteiger partial charge in [-0.3, -0.25) is 0 Å². The average molecular weight is 441 g/mol. The Hall–Kier alpha value is -2.70. The molecule has 0 aromatic heterocycles. The molecule has 2 aliphatic heterocycles. The first-order chi connectivity index (χ1) is 15.2. The van der Waals surface area contributed by atoms with Crippen LogP contribution in [0.4, 0.5) is 10.5 Å². The second-order valence-corrected chi connectivity index (χ2v) is 10.2. The molecule has 1 unspecified atom stereocenters. The summed E-state index contributed by atoms with van der Waals surface area (Å²) in [5.74, 6) is 0.849. The number of rotatable bonds is 6. The van der Waals surface area contributed by atoms with Crippen molar-refractivity contribution in [1.82, 2.24) is 10.2 Å². The van der Waals surface area contributed by atoms with Crippen molar-refractivity contribution in [1.29, 1.82) is 5.41 Å². The molecule has 1 aliphatic carbocycles. The van der Waals surface area contributed by atoms with E-state index in [1.54, 1.807) is 4.90 Å². The number of amides is 1. The van der Waals surface area contributed by atoms with Crippen LogP contribution >= 0.6 is 0 Å². The zero-order valence-corrected chi connectivity index (χ0v) is 19.9. The molecule has 2 fully saturated rings. The molecule has 1 amide bonds. The lowest BCUT2D eigenvalue weighted by molar-refractivity contribution is -0.0224. The lowest BCUT2D eigenvalue weighted by atomic mass is 9.92. The normalized spacial score (nSPS) is 21.5. The van der Waals surface area contributed by atoms with Crippen LogP contribution in [0.15, 0.2) is 18.3 Å². The van der Waals surface area contributed by atoms with Crippen molar-refractivity contribution < 1.29 is 14.3 Å². The van der Waals surface area contributed by atoms with E-state index in [-0.39, 0.29) is 12.2 Å². The number of ether oxygens (including phenoxy) is 2. The molecule has 1 saturated heterocycles. The molecule has 0 spiro atoms. The van der Waals surface area contributed by atoms with Gasteiger partial charge in [-0.05, 0) is 65.5 Å². The van der Waals surface area contributed by atoms with E-state index < -0.39 is 5.60 Å². The number of carbonyl (C=O) groups excluding carboxylic acids is 1. The van der Waals surface area contributed by atoms with Gasteiger partial charge in [-0.15, -0.1) is 0 Å². The Morgan fingerprint density at radius 1 is 1.22 bits per heavy atom. The topological polar surface area (TPSA) is 77.9 Å². The van der Waals surface area contributed by atoms with Crippen LogP contribution in [-0.2, 0) is 11.2 Å². The highest BCUT2D eigenvalue weighted by atomic mass is 16.6. The molecule has 0 radical (unpaired) electrons. The first-order valence-corrected chi connectivity index (χ1v) is 11.7. The van der Waals surface area contributed by atoms with Gasteiger partial charge in [0.2, 0.25) is 0 Å². The standard InChI is InChI=1S/C25H36N4O3/c1-16-6-9-21-22(28(16)5)11-10-20(17(12-26)13-27-18-7-8-18)23(21)31-19-14-29(15-19)24(30)32-25(2,3)4/h10-13,16,18-19,26-27H,6-9,14-15H2,1-5H3/b17-13+,26-12?. The number of allylic oxidation sites excluding steroid dienone is 1. The second kappa shape index (κ2) is 8.68. The predicted molar refractivity (Wildman–Crippen MR) is 128 cm³/mol. The predicted octanol–water partition coefficient (Wildman–Crippen LogP) is 4.20. The van der Waals surface area contributed by atoms with Gasteiger partial charge in [0, 0.05) is 53.9 Å². The molecule has 1 atom stereocenters. The van der Waals surface area contributed by atoms with Gasteiger partial charge in [0.1, 0.15) is 17.5 Å². The van der Waals surface area contributed by atoms with Crippen LogP contribution in [0.3, 0.4) is 0 Å². The van der Waals surface area contributed by atoms with Crippen molar-refractivity contribution in [2.75, 3.05) is 25.0 Å². The summed E-state index contributed by atoms with van der Waals surface area (Å²) >= 11 is 0. The molecular formula is C25H36N4O3. The number of hydrogen-bond acceptors (Lipinski definition) is 6. The van der Waals surface area contributed by atoms with Crippen molar-refractivity contribution in [3.8, 4) is 5.75 Å². The van der Waals surface area contributed by atoms with E-state index in [4.69, 9.17) is 14.9 Å². The molecule has 1 aromatic rings. The second-order valence-electron chi connectivity index (χ2n) is 10.2. The third kappa shape index (κ3) is 4.87. The quantitative estimate of drug-likeness (QED) is 0.649. The minimum Gasteiger partial charge on any atom is -0.486 e. The molecule has 2 heterocycles. The molecule has 3 aliphatic rings. The van der Waals surface area contributed by atoms with Gasteiger partial charge in [0.15, 0.2) is 0 Å². The van der Waals surface area contributed by atoms with Gasteiger partial charge >= 0.3 is 6.09 Å². The maximum Gasteiger partial charge on any atom is 0.410 e. The van der Waals surface area contributed by atoms with Crippen LogP contribution in [0.1, 0.15) is 58.1 Å². The van der Waals surface area contributed by atoms with Gasteiger partial charge < -0.3 is 30.0 Å². The average Bonchev–Trinajstić information content (AvgIpc) is 3.51. The van der Waals surface area contributed by atoms with Gasteiger partial charge in [-0.1, -0.05) is 0 Å². The minimum atomic E-state index is -0.506. The van der Waals surface area contributed by atoms with Gasteiger partial charge in [-0.2, -0.15) is 0 Å². The summed E-state index contributed by atoms with van der Waals surface area (Å²) in [5, 5.41) is 11.4. The summed E-state index contributed by atoms with van der Waals surface area (Å²) < 4.78 is 12.0. The van der Waals surface area contributed by atoms with E-state index in [2.05, 4.69) is 36.3 Å². The van der Waals surface area contributed by atoms with Crippen molar-refractivity contribution in [2.45, 2.75) is 77.2 Å². The summed E-state index contributed by atoms with van der Waals surface area (Å²) in [6.45, 7) is 8.88. The van der Waals surface area contributed by atoms with Crippen molar-refractivity contribution in [2.24, 2.45) is 0 Å². The van der Waals surface area contributed by atoms with Crippen LogP contribution in [0, 0.1) is 5.41 Å². The lowest BCUT2D eigenvalue weighted by Gasteiger charge is -2.41. The highest BCUT2D eigenvalue weighted by molar-refractivity contribution is 6.09. The van der Waals surface area contributed by atoms with Crippen LogP contribution in [0.2, 0.25) is 0 Å². The fourth-order valence-electron chi connectivity index (χ4n) is 4.15. The summed E-state index contributed by atoms with van der Waals surface area (Å²) in [4.78, 5) is 16.3. The number of carbonyl (C=O) groups is 1. The fourth-order valence-corrected chi connectivity index (χ4v) is 4.15. The highest BCUT2D eigenvalue weighted by Gasteiger charge is 2.37. The van der Waals surface area contributed by atoms with Crippen LogP contribution in [0.25, 0.3) is 5.57 Å². The Morgan fingerprint density at radius 3 is 2.56 bits per heavy atom. The molecular weight excluding hydrogens is 404 g/mol. The minimum absolute atomic E-state index is 0.0826. The van der Waals surface area contributed by atoms with E-state index in [9.17, 15) is 4.79 Å². The van der Waals surface area contributed by atoms with Crippen molar-refractivity contribution >= 4 is 23.6 Å². The number of nitrogens with zero attached hydrogens (tertiary/aromatic N) is 2. The largest absolute Gasteiger partial charge is 0.486 e. The van der Waals surface area contributed by atoms with Gasteiger partial charge in [0.25, 0.3) is 0 Å². The van der Waals surface area contributed by atoms with E-state index in [0.29, 0.717) is 25.2 Å². The number of benzene rings is 1. The van der Waals surface area contributed by atoms with E-state index in [0.717, 1.165) is 29.7 Å². The monoisotopic (exact) mass is 440 g/mol. The van der Waals surface area contributed by atoms with Crippen LogP contribution in [-0.4, -0.2) is 61.1 Å². The summed E-state index contributed by atoms with van der Waals surface area (Å²) in [5.41, 5.74) is 3.63. The van der Waals surface area contributed by atoms with Crippen LogP contribution in [0.5, 0.6) is 5.75 Å². The first kappa shape index (κ1) is 22.5. The van der Waals surface area contributed by atoms with Gasteiger partial charge in [0.05, 0.1) is 13.1 Å². The summed E-state index contributed by atoms with van der Waals surface area (Å²) in [7, 11) is 2.13. The van der Waals surface area contributed by atoms with Gasteiger partial charge in [-0.25, -0.2) is 4.79 Å². The molecule has 7 nitrogen and oxygen atoms in total. The molecule has 7 heteroatoms.